The number of anilines is 1. The molecule has 1 saturated carbocycles. The van der Waals surface area contributed by atoms with E-state index >= 15 is 0 Å². The minimum Gasteiger partial charge on any atom is -0.383 e. The van der Waals surface area contributed by atoms with Crippen LogP contribution in [0.5, 0.6) is 0 Å². The van der Waals surface area contributed by atoms with Crippen molar-refractivity contribution in [2.24, 2.45) is 11.7 Å². The highest BCUT2D eigenvalue weighted by atomic mass is 16.5. The molecule has 5 nitrogen and oxygen atoms in total. The van der Waals surface area contributed by atoms with Gasteiger partial charge in [0, 0.05) is 32.1 Å². The number of hydrogen-bond acceptors (Lipinski definition) is 5. The predicted molar refractivity (Wildman–Crippen MR) is 76.2 cm³/mol. The van der Waals surface area contributed by atoms with E-state index in [4.69, 9.17) is 10.5 Å². The lowest BCUT2D eigenvalue weighted by Gasteiger charge is -2.29. The van der Waals surface area contributed by atoms with E-state index in [1.165, 1.54) is 12.8 Å². The number of nitrogens with two attached hydrogens (primary N) is 1. The lowest BCUT2D eigenvalue weighted by atomic mass is 10.2. The van der Waals surface area contributed by atoms with Gasteiger partial charge < -0.3 is 15.4 Å². The topological polar surface area (TPSA) is 64.3 Å². The normalized spacial score (nSPS) is 16.4. The van der Waals surface area contributed by atoms with Gasteiger partial charge in [0.15, 0.2) is 0 Å². The average molecular weight is 264 g/mol. The molecule has 106 valence electrons. The van der Waals surface area contributed by atoms with E-state index in [1.54, 1.807) is 7.11 Å². The highest BCUT2D eigenvalue weighted by Gasteiger charge is 2.32. The van der Waals surface area contributed by atoms with Gasteiger partial charge in [-0.1, -0.05) is 0 Å². The van der Waals surface area contributed by atoms with Crippen LogP contribution in [0.25, 0.3) is 0 Å². The van der Waals surface area contributed by atoms with Gasteiger partial charge in [-0.2, -0.15) is 0 Å². The summed E-state index contributed by atoms with van der Waals surface area (Å²) in [5.41, 5.74) is 6.63. The van der Waals surface area contributed by atoms with Crippen molar-refractivity contribution >= 4 is 5.95 Å². The van der Waals surface area contributed by atoms with Crippen molar-refractivity contribution in [3.63, 3.8) is 0 Å². The number of ether oxygens (including phenoxy) is 1. The predicted octanol–water partition coefficient (Wildman–Crippen LogP) is 1.23. The average Bonchev–Trinajstić information content (AvgIpc) is 3.25. The quantitative estimate of drug-likeness (QED) is 0.765. The third-order valence-electron chi connectivity index (χ3n) is 3.71. The second-order valence-electron chi connectivity index (χ2n) is 5.19. The molecule has 1 aliphatic rings. The molecule has 0 radical (unpaired) electrons. The Labute approximate surface area is 115 Å². The molecule has 1 heterocycles. The van der Waals surface area contributed by atoms with Crippen LogP contribution in [0, 0.1) is 5.92 Å². The summed E-state index contributed by atoms with van der Waals surface area (Å²) in [6.45, 7) is 4.43. The van der Waals surface area contributed by atoms with Crippen LogP contribution in [0.3, 0.4) is 0 Å². The van der Waals surface area contributed by atoms with Gasteiger partial charge in [-0.3, -0.25) is 0 Å². The molecule has 0 bridgehead atoms. The van der Waals surface area contributed by atoms with Crippen LogP contribution in [0.4, 0.5) is 5.95 Å². The third kappa shape index (κ3) is 3.88. The minimum absolute atomic E-state index is 0.482. The maximum absolute atomic E-state index is 5.54. The standard InChI is InChI=1S/C14H24N4O/c1-11(13-3-4-13)18(7-8-19-2)14-16-9-12(5-6-15)10-17-14/h9-11,13H,3-8,15H2,1-2H3. The van der Waals surface area contributed by atoms with Crippen molar-refractivity contribution < 1.29 is 4.74 Å². The summed E-state index contributed by atoms with van der Waals surface area (Å²) in [4.78, 5) is 11.2. The SMILES string of the molecule is COCCN(c1ncc(CCN)cn1)C(C)C1CC1. The molecule has 1 aromatic heterocycles. The highest BCUT2D eigenvalue weighted by molar-refractivity contribution is 5.32. The van der Waals surface area contributed by atoms with E-state index in [-0.39, 0.29) is 0 Å². The van der Waals surface area contributed by atoms with Crippen molar-refractivity contribution in [3.8, 4) is 0 Å². The fourth-order valence-electron chi connectivity index (χ4n) is 2.30. The van der Waals surface area contributed by atoms with Crippen molar-refractivity contribution in [1.29, 1.82) is 0 Å². The van der Waals surface area contributed by atoms with E-state index < -0.39 is 0 Å². The van der Waals surface area contributed by atoms with Gasteiger partial charge in [-0.15, -0.1) is 0 Å². The van der Waals surface area contributed by atoms with Crippen molar-refractivity contribution in [2.45, 2.75) is 32.2 Å². The van der Waals surface area contributed by atoms with Crippen molar-refractivity contribution in [1.82, 2.24) is 9.97 Å². The zero-order chi connectivity index (χ0) is 13.7. The number of rotatable bonds is 8. The summed E-state index contributed by atoms with van der Waals surface area (Å²) in [5, 5.41) is 0. The molecule has 1 unspecified atom stereocenters. The number of aromatic nitrogens is 2. The molecule has 19 heavy (non-hydrogen) atoms. The van der Waals surface area contributed by atoms with Gasteiger partial charge >= 0.3 is 0 Å². The first kappa shape index (κ1) is 14.2. The number of hydrogen-bond donors (Lipinski definition) is 1. The maximum atomic E-state index is 5.54. The Morgan fingerprint density at radius 3 is 2.63 bits per heavy atom. The molecule has 0 amide bonds. The summed E-state index contributed by atoms with van der Waals surface area (Å²) in [6.07, 6.45) is 7.23. The first-order valence-corrected chi connectivity index (χ1v) is 7.02. The van der Waals surface area contributed by atoms with Gasteiger partial charge in [0.1, 0.15) is 0 Å². The van der Waals surface area contributed by atoms with E-state index in [0.717, 1.165) is 30.4 Å². The zero-order valence-corrected chi connectivity index (χ0v) is 11.9. The largest absolute Gasteiger partial charge is 0.383 e. The van der Waals surface area contributed by atoms with Crippen molar-refractivity contribution in [2.75, 3.05) is 31.7 Å². The summed E-state index contributed by atoms with van der Waals surface area (Å²) in [5.74, 6) is 1.58. The third-order valence-corrected chi connectivity index (χ3v) is 3.71. The van der Waals surface area contributed by atoms with Crippen LogP contribution in [0.1, 0.15) is 25.3 Å². The number of nitrogens with zero attached hydrogens (tertiary/aromatic N) is 3. The summed E-state index contributed by atoms with van der Waals surface area (Å²) < 4.78 is 5.19. The Bertz CT molecular complexity index is 378. The Hall–Kier alpha value is -1.20. The second-order valence-corrected chi connectivity index (χ2v) is 5.19. The van der Waals surface area contributed by atoms with Crippen LogP contribution >= 0.6 is 0 Å². The lowest BCUT2D eigenvalue weighted by Crippen LogP contribution is -2.38. The second kappa shape index (κ2) is 6.82. The van der Waals surface area contributed by atoms with Gasteiger partial charge in [-0.05, 0) is 44.2 Å². The first-order chi connectivity index (χ1) is 9.26. The smallest absolute Gasteiger partial charge is 0.225 e. The molecular weight excluding hydrogens is 240 g/mol. The molecule has 0 aliphatic heterocycles. The molecular formula is C14H24N4O. The van der Waals surface area contributed by atoms with Gasteiger partial charge in [0.05, 0.1) is 6.61 Å². The van der Waals surface area contributed by atoms with Gasteiger partial charge in [0.25, 0.3) is 0 Å². The molecule has 1 fully saturated rings. The summed E-state index contributed by atoms with van der Waals surface area (Å²) >= 11 is 0. The van der Waals surface area contributed by atoms with Gasteiger partial charge in [-0.25, -0.2) is 9.97 Å². The van der Waals surface area contributed by atoms with Crippen LogP contribution < -0.4 is 10.6 Å². The molecule has 0 aromatic carbocycles. The molecule has 1 atom stereocenters. The Morgan fingerprint density at radius 1 is 1.42 bits per heavy atom. The Balaban J connectivity index is 2.07. The van der Waals surface area contributed by atoms with E-state index in [0.29, 0.717) is 19.2 Å². The van der Waals surface area contributed by atoms with E-state index in [1.807, 2.05) is 12.4 Å². The monoisotopic (exact) mass is 264 g/mol. The first-order valence-electron chi connectivity index (χ1n) is 7.02. The molecule has 1 aromatic rings. The van der Waals surface area contributed by atoms with Crippen molar-refractivity contribution in [3.05, 3.63) is 18.0 Å². The molecule has 2 N–H and O–H groups in total. The molecule has 0 saturated heterocycles. The Kier molecular flexibility index (Phi) is 5.10. The van der Waals surface area contributed by atoms with Crippen LogP contribution in [-0.4, -0.2) is 42.8 Å². The van der Waals surface area contributed by atoms with E-state index in [2.05, 4.69) is 21.8 Å². The minimum atomic E-state index is 0.482. The Morgan fingerprint density at radius 2 is 2.11 bits per heavy atom. The molecule has 5 heteroatoms. The summed E-state index contributed by atoms with van der Waals surface area (Å²) in [7, 11) is 1.73. The fraction of sp³-hybridized carbons (Fsp3) is 0.714. The number of methoxy groups -OCH3 is 1. The van der Waals surface area contributed by atoms with Gasteiger partial charge in [0.2, 0.25) is 5.95 Å². The summed E-state index contributed by atoms with van der Waals surface area (Å²) in [6, 6.07) is 0.482. The lowest BCUT2D eigenvalue weighted by molar-refractivity contribution is 0.202. The highest BCUT2D eigenvalue weighted by Crippen LogP contribution is 2.36. The van der Waals surface area contributed by atoms with Crippen LogP contribution in [0.15, 0.2) is 12.4 Å². The molecule has 0 spiro atoms. The van der Waals surface area contributed by atoms with E-state index in [9.17, 15) is 0 Å². The zero-order valence-electron chi connectivity index (χ0n) is 11.9. The van der Waals surface area contributed by atoms with Crippen LogP contribution in [0.2, 0.25) is 0 Å². The molecule has 1 aliphatic carbocycles. The van der Waals surface area contributed by atoms with Crippen LogP contribution in [-0.2, 0) is 11.2 Å². The maximum Gasteiger partial charge on any atom is 0.225 e. The fourth-order valence-corrected chi connectivity index (χ4v) is 2.30. The molecule has 2 rings (SSSR count).